The third kappa shape index (κ3) is 4.80. The van der Waals surface area contributed by atoms with Crippen LogP contribution in [0, 0.1) is 24.0 Å². The minimum atomic E-state index is -0.461. The van der Waals surface area contributed by atoms with Crippen LogP contribution in [0.5, 0.6) is 0 Å². The molecule has 9 heteroatoms. The average Bonchev–Trinajstić information content (AvgIpc) is 3.11. The largest absolute Gasteiger partial charge is 0.325 e. The summed E-state index contributed by atoms with van der Waals surface area (Å²) >= 11 is 1.30. The van der Waals surface area contributed by atoms with Crippen molar-refractivity contribution in [1.82, 2.24) is 14.8 Å². The summed E-state index contributed by atoms with van der Waals surface area (Å²) in [6.07, 6.45) is 0. The SMILES string of the molecule is CCn1c(SCC(=O)Nc2ccc([N+](=O)[O-])cc2C)nnc1-c1ccc(C)cc1. The van der Waals surface area contributed by atoms with Crippen LogP contribution < -0.4 is 5.32 Å². The number of carbonyl (C=O) groups is 1. The number of nitrogens with one attached hydrogen (secondary N) is 1. The molecule has 0 aliphatic carbocycles. The molecule has 8 nitrogen and oxygen atoms in total. The Morgan fingerprint density at radius 3 is 2.52 bits per heavy atom. The molecule has 0 aliphatic heterocycles. The summed E-state index contributed by atoms with van der Waals surface area (Å²) in [4.78, 5) is 22.7. The van der Waals surface area contributed by atoms with Crippen molar-refractivity contribution in [2.75, 3.05) is 11.1 Å². The van der Waals surface area contributed by atoms with Gasteiger partial charge in [0.05, 0.1) is 10.7 Å². The topological polar surface area (TPSA) is 103 Å². The Kier molecular flexibility index (Phi) is 6.28. The van der Waals surface area contributed by atoms with Gasteiger partial charge in [-0.3, -0.25) is 14.9 Å². The number of nitrogens with zero attached hydrogens (tertiary/aromatic N) is 4. The highest BCUT2D eigenvalue weighted by atomic mass is 32.2. The molecule has 0 atom stereocenters. The zero-order valence-corrected chi connectivity index (χ0v) is 17.2. The monoisotopic (exact) mass is 411 g/mol. The summed E-state index contributed by atoms with van der Waals surface area (Å²) in [6.45, 7) is 6.44. The normalized spacial score (nSPS) is 10.7. The Labute approximate surface area is 172 Å². The lowest BCUT2D eigenvalue weighted by molar-refractivity contribution is -0.384. The van der Waals surface area contributed by atoms with Crippen LogP contribution in [-0.4, -0.2) is 31.3 Å². The molecule has 0 saturated carbocycles. The van der Waals surface area contributed by atoms with Gasteiger partial charge in [-0.15, -0.1) is 10.2 Å². The van der Waals surface area contributed by atoms with Gasteiger partial charge >= 0.3 is 0 Å². The molecule has 29 heavy (non-hydrogen) atoms. The molecule has 3 rings (SSSR count). The number of non-ortho nitro benzene ring substituents is 1. The highest BCUT2D eigenvalue weighted by Crippen LogP contribution is 2.25. The second-order valence-electron chi connectivity index (χ2n) is 6.51. The maximum absolute atomic E-state index is 12.3. The van der Waals surface area contributed by atoms with Crippen LogP contribution in [0.4, 0.5) is 11.4 Å². The van der Waals surface area contributed by atoms with E-state index < -0.39 is 4.92 Å². The minimum Gasteiger partial charge on any atom is -0.325 e. The quantitative estimate of drug-likeness (QED) is 0.355. The van der Waals surface area contributed by atoms with Crippen LogP contribution in [-0.2, 0) is 11.3 Å². The fraction of sp³-hybridized carbons (Fsp3) is 0.250. The van der Waals surface area contributed by atoms with Gasteiger partial charge in [0, 0.05) is 29.9 Å². The van der Waals surface area contributed by atoms with Crippen LogP contribution in [0.1, 0.15) is 18.1 Å². The number of nitro groups is 1. The summed E-state index contributed by atoms with van der Waals surface area (Å²) in [7, 11) is 0. The summed E-state index contributed by atoms with van der Waals surface area (Å²) < 4.78 is 1.97. The van der Waals surface area contributed by atoms with Gasteiger partial charge in [-0.05, 0) is 32.4 Å². The summed E-state index contributed by atoms with van der Waals surface area (Å²) in [5.74, 6) is 0.707. The number of benzene rings is 2. The standard InChI is InChI=1S/C20H21N5O3S/c1-4-24-19(15-7-5-13(2)6-8-15)22-23-20(24)29-12-18(26)21-17-10-9-16(25(27)28)11-14(17)3/h5-11H,4,12H2,1-3H3,(H,21,26). The summed E-state index contributed by atoms with van der Waals surface area (Å²) in [5.41, 5.74) is 3.33. The molecule has 0 aliphatic rings. The smallest absolute Gasteiger partial charge is 0.269 e. The minimum absolute atomic E-state index is 0.00504. The van der Waals surface area contributed by atoms with Crippen molar-refractivity contribution >= 4 is 29.0 Å². The molecule has 1 aromatic heterocycles. The number of rotatable bonds is 7. The van der Waals surface area contributed by atoms with E-state index in [9.17, 15) is 14.9 Å². The van der Waals surface area contributed by atoms with E-state index in [1.54, 1.807) is 13.0 Å². The van der Waals surface area contributed by atoms with E-state index in [1.165, 1.54) is 29.5 Å². The van der Waals surface area contributed by atoms with E-state index in [2.05, 4.69) is 15.5 Å². The molecule has 0 saturated heterocycles. The van der Waals surface area contributed by atoms with Crippen LogP contribution in [0.25, 0.3) is 11.4 Å². The Hall–Kier alpha value is -3.20. The molecular formula is C20H21N5O3S. The first-order valence-electron chi connectivity index (χ1n) is 9.07. The molecule has 0 fully saturated rings. The van der Waals surface area contributed by atoms with Gasteiger partial charge in [-0.2, -0.15) is 0 Å². The van der Waals surface area contributed by atoms with Crippen LogP contribution in [0.15, 0.2) is 47.6 Å². The molecule has 0 unspecified atom stereocenters. The number of amides is 1. The van der Waals surface area contributed by atoms with Crippen LogP contribution >= 0.6 is 11.8 Å². The van der Waals surface area contributed by atoms with Crippen molar-refractivity contribution in [2.45, 2.75) is 32.5 Å². The number of anilines is 1. The number of hydrogen-bond donors (Lipinski definition) is 1. The van der Waals surface area contributed by atoms with E-state index in [0.717, 1.165) is 11.4 Å². The zero-order chi connectivity index (χ0) is 21.0. The van der Waals surface area contributed by atoms with Crippen molar-refractivity contribution in [1.29, 1.82) is 0 Å². The zero-order valence-electron chi connectivity index (χ0n) is 16.4. The predicted octanol–water partition coefficient (Wildman–Crippen LogP) is 4.22. The molecule has 0 radical (unpaired) electrons. The van der Waals surface area contributed by atoms with E-state index >= 15 is 0 Å². The second-order valence-corrected chi connectivity index (χ2v) is 7.45. The van der Waals surface area contributed by atoms with E-state index in [0.29, 0.717) is 23.0 Å². The van der Waals surface area contributed by atoms with Gasteiger partial charge < -0.3 is 9.88 Å². The summed E-state index contributed by atoms with van der Waals surface area (Å²) in [6, 6.07) is 12.4. The third-order valence-corrected chi connectivity index (χ3v) is 5.34. The van der Waals surface area contributed by atoms with Gasteiger partial charge in [0.1, 0.15) is 0 Å². The maximum atomic E-state index is 12.3. The van der Waals surface area contributed by atoms with E-state index in [-0.39, 0.29) is 17.3 Å². The van der Waals surface area contributed by atoms with Gasteiger partial charge in [0.25, 0.3) is 5.69 Å². The number of aromatic nitrogens is 3. The predicted molar refractivity (Wildman–Crippen MR) is 113 cm³/mol. The van der Waals surface area contributed by atoms with Crippen molar-refractivity contribution in [3.63, 3.8) is 0 Å². The lowest BCUT2D eigenvalue weighted by atomic mass is 10.1. The lowest BCUT2D eigenvalue weighted by Crippen LogP contribution is -2.15. The first kappa shape index (κ1) is 20.5. The van der Waals surface area contributed by atoms with Gasteiger partial charge in [-0.25, -0.2) is 0 Å². The average molecular weight is 411 g/mol. The second kappa shape index (κ2) is 8.87. The van der Waals surface area contributed by atoms with Crippen molar-refractivity contribution in [3.05, 3.63) is 63.7 Å². The van der Waals surface area contributed by atoms with Gasteiger partial charge in [0.15, 0.2) is 11.0 Å². The van der Waals surface area contributed by atoms with E-state index in [4.69, 9.17) is 0 Å². The van der Waals surface area contributed by atoms with Gasteiger partial charge in [0.2, 0.25) is 5.91 Å². The first-order chi connectivity index (χ1) is 13.9. The molecule has 1 heterocycles. The molecule has 0 spiro atoms. The lowest BCUT2D eigenvalue weighted by Gasteiger charge is -2.09. The molecule has 0 bridgehead atoms. The Morgan fingerprint density at radius 2 is 1.90 bits per heavy atom. The van der Waals surface area contributed by atoms with Crippen molar-refractivity contribution in [2.24, 2.45) is 0 Å². The van der Waals surface area contributed by atoms with Gasteiger partial charge in [-0.1, -0.05) is 41.6 Å². The number of nitro benzene ring substituents is 1. The Bertz CT molecular complexity index is 1050. The highest BCUT2D eigenvalue weighted by molar-refractivity contribution is 7.99. The van der Waals surface area contributed by atoms with Crippen LogP contribution in [0.3, 0.4) is 0 Å². The first-order valence-corrected chi connectivity index (χ1v) is 10.1. The van der Waals surface area contributed by atoms with Crippen LogP contribution in [0.2, 0.25) is 0 Å². The number of carbonyl (C=O) groups excluding carboxylic acids is 1. The van der Waals surface area contributed by atoms with Crippen molar-refractivity contribution < 1.29 is 9.72 Å². The molecule has 150 valence electrons. The third-order valence-electron chi connectivity index (χ3n) is 4.37. The number of aryl methyl sites for hydroxylation is 2. The fourth-order valence-electron chi connectivity index (χ4n) is 2.81. The maximum Gasteiger partial charge on any atom is 0.269 e. The van der Waals surface area contributed by atoms with E-state index in [1.807, 2.05) is 42.7 Å². The Balaban J connectivity index is 1.68. The molecule has 1 N–H and O–H groups in total. The van der Waals surface area contributed by atoms with Crippen molar-refractivity contribution in [3.8, 4) is 11.4 Å². The highest BCUT2D eigenvalue weighted by Gasteiger charge is 2.15. The number of thioether (sulfide) groups is 1. The fourth-order valence-corrected chi connectivity index (χ4v) is 3.62. The Morgan fingerprint density at radius 1 is 1.17 bits per heavy atom. The summed E-state index contributed by atoms with van der Waals surface area (Å²) in [5, 5.41) is 22.8. The molecule has 3 aromatic rings. The molecule has 1 amide bonds. The molecular weight excluding hydrogens is 390 g/mol. The number of hydrogen-bond acceptors (Lipinski definition) is 6. The molecule has 2 aromatic carbocycles.